The summed E-state index contributed by atoms with van der Waals surface area (Å²) >= 11 is 0. The average molecular weight is 236 g/mol. The van der Waals surface area contributed by atoms with Crippen LogP contribution < -0.4 is 10.6 Å². The van der Waals surface area contributed by atoms with Gasteiger partial charge in [-0.1, -0.05) is 13.8 Å². The summed E-state index contributed by atoms with van der Waals surface area (Å²) in [5.41, 5.74) is 0.820. The number of hydrogen-bond donors (Lipinski definition) is 3. The number of hydrogen-bond acceptors (Lipinski definition) is 3. The maximum absolute atomic E-state index is 11.8. The second kappa shape index (κ2) is 4.87. The van der Waals surface area contributed by atoms with E-state index in [1.165, 1.54) is 19.0 Å². The van der Waals surface area contributed by atoms with E-state index in [1.807, 2.05) is 0 Å². The van der Waals surface area contributed by atoms with E-state index in [-0.39, 0.29) is 11.3 Å². The summed E-state index contributed by atoms with van der Waals surface area (Å²) < 4.78 is 0. The van der Waals surface area contributed by atoms with Gasteiger partial charge >= 0.3 is 0 Å². The van der Waals surface area contributed by atoms with E-state index in [0.29, 0.717) is 18.2 Å². The highest BCUT2D eigenvalue weighted by Crippen LogP contribution is 2.29. The van der Waals surface area contributed by atoms with E-state index in [4.69, 9.17) is 0 Å². The molecule has 0 saturated carbocycles. The van der Waals surface area contributed by atoms with Crippen molar-refractivity contribution in [3.05, 3.63) is 18.0 Å². The van der Waals surface area contributed by atoms with E-state index in [9.17, 15) is 4.79 Å². The van der Waals surface area contributed by atoms with Gasteiger partial charge in [0.2, 0.25) is 0 Å². The molecule has 1 fully saturated rings. The van der Waals surface area contributed by atoms with Crippen molar-refractivity contribution < 1.29 is 4.79 Å². The molecule has 5 heteroatoms. The summed E-state index contributed by atoms with van der Waals surface area (Å²) in [4.78, 5) is 11.8. The summed E-state index contributed by atoms with van der Waals surface area (Å²) in [6, 6.07) is 0.340. The van der Waals surface area contributed by atoms with Crippen LogP contribution in [0.1, 0.15) is 37.0 Å². The summed E-state index contributed by atoms with van der Waals surface area (Å²) in [5.74, 6) is -0.0677. The van der Waals surface area contributed by atoms with Gasteiger partial charge in [-0.3, -0.25) is 9.89 Å². The zero-order chi connectivity index (χ0) is 12.3. The van der Waals surface area contributed by atoms with Gasteiger partial charge in [0, 0.05) is 18.8 Å². The quantitative estimate of drug-likeness (QED) is 0.731. The fourth-order valence-electron chi connectivity index (χ4n) is 2.29. The lowest BCUT2D eigenvalue weighted by atomic mass is 9.77. The van der Waals surface area contributed by atoms with Crippen molar-refractivity contribution in [1.29, 1.82) is 0 Å². The standard InChI is InChI=1S/C12H20N4O/c1-12(2)4-3-5-13-10(12)8-14-11(17)9-6-15-16-7-9/h6-7,10,13H,3-5,8H2,1-2H3,(H,14,17)(H,15,16). The second-order valence-electron chi connectivity index (χ2n) is 5.30. The van der Waals surface area contributed by atoms with Gasteiger partial charge in [0.25, 0.3) is 5.91 Å². The van der Waals surface area contributed by atoms with Gasteiger partial charge in [-0.25, -0.2) is 0 Å². The number of nitrogens with zero attached hydrogens (tertiary/aromatic N) is 1. The van der Waals surface area contributed by atoms with Crippen molar-refractivity contribution in [3.63, 3.8) is 0 Å². The molecule has 94 valence electrons. The molecular weight excluding hydrogens is 216 g/mol. The zero-order valence-corrected chi connectivity index (χ0v) is 10.4. The predicted molar refractivity (Wildman–Crippen MR) is 65.7 cm³/mol. The van der Waals surface area contributed by atoms with E-state index in [1.54, 1.807) is 6.20 Å². The second-order valence-corrected chi connectivity index (χ2v) is 5.30. The number of carbonyl (C=O) groups is 1. The Bertz CT molecular complexity index is 372. The summed E-state index contributed by atoms with van der Waals surface area (Å²) in [7, 11) is 0. The smallest absolute Gasteiger partial charge is 0.254 e. The topological polar surface area (TPSA) is 69.8 Å². The third-order valence-corrected chi connectivity index (χ3v) is 3.56. The van der Waals surface area contributed by atoms with Gasteiger partial charge in [-0.2, -0.15) is 5.10 Å². The molecule has 0 aliphatic carbocycles. The summed E-state index contributed by atoms with van der Waals surface area (Å²) in [5, 5.41) is 12.8. The van der Waals surface area contributed by atoms with Gasteiger partial charge in [-0.05, 0) is 24.8 Å². The van der Waals surface area contributed by atoms with E-state index in [0.717, 1.165) is 6.54 Å². The van der Waals surface area contributed by atoms with Gasteiger partial charge in [0.15, 0.2) is 0 Å². The number of aromatic nitrogens is 2. The van der Waals surface area contributed by atoms with Crippen molar-refractivity contribution in [3.8, 4) is 0 Å². The van der Waals surface area contributed by atoms with Crippen molar-refractivity contribution in [2.75, 3.05) is 13.1 Å². The molecule has 0 spiro atoms. The molecule has 1 aliphatic heterocycles. The van der Waals surface area contributed by atoms with Gasteiger partial charge in [-0.15, -0.1) is 0 Å². The van der Waals surface area contributed by atoms with Crippen molar-refractivity contribution in [2.24, 2.45) is 5.41 Å². The van der Waals surface area contributed by atoms with Crippen LogP contribution in [0, 0.1) is 5.41 Å². The molecule has 0 aromatic carbocycles. The minimum absolute atomic E-state index is 0.0677. The highest BCUT2D eigenvalue weighted by molar-refractivity contribution is 5.93. The maximum Gasteiger partial charge on any atom is 0.254 e. The Kier molecular flexibility index (Phi) is 3.47. The van der Waals surface area contributed by atoms with Gasteiger partial charge in [0.05, 0.1) is 11.8 Å². The number of carbonyl (C=O) groups excluding carboxylic acids is 1. The van der Waals surface area contributed by atoms with Crippen molar-refractivity contribution in [2.45, 2.75) is 32.7 Å². The van der Waals surface area contributed by atoms with E-state index in [2.05, 4.69) is 34.7 Å². The minimum Gasteiger partial charge on any atom is -0.350 e. The number of piperidine rings is 1. The largest absolute Gasteiger partial charge is 0.350 e. The van der Waals surface area contributed by atoms with Crippen LogP contribution in [0.4, 0.5) is 0 Å². The summed E-state index contributed by atoms with van der Waals surface area (Å²) in [6.07, 6.45) is 5.55. The first kappa shape index (κ1) is 12.1. The molecular formula is C12H20N4O. The highest BCUT2D eigenvalue weighted by Gasteiger charge is 2.31. The Morgan fingerprint density at radius 1 is 1.65 bits per heavy atom. The van der Waals surface area contributed by atoms with Crippen LogP contribution in [-0.4, -0.2) is 35.2 Å². The van der Waals surface area contributed by atoms with E-state index >= 15 is 0 Å². The van der Waals surface area contributed by atoms with Crippen LogP contribution in [0.15, 0.2) is 12.4 Å². The molecule has 1 aliphatic rings. The van der Waals surface area contributed by atoms with Gasteiger partial charge < -0.3 is 10.6 Å². The molecule has 0 bridgehead atoms. The molecule has 1 amide bonds. The lowest BCUT2D eigenvalue weighted by Gasteiger charge is -2.39. The molecule has 17 heavy (non-hydrogen) atoms. The molecule has 1 saturated heterocycles. The third-order valence-electron chi connectivity index (χ3n) is 3.56. The third kappa shape index (κ3) is 2.85. The van der Waals surface area contributed by atoms with Crippen LogP contribution >= 0.6 is 0 Å². The number of aromatic amines is 1. The fraction of sp³-hybridized carbons (Fsp3) is 0.667. The number of rotatable bonds is 3. The molecule has 1 aromatic heterocycles. The molecule has 1 unspecified atom stereocenters. The van der Waals surface area contributed by atoms with Crippen molar-refractivity contribution in [1.82, 2.24) is 20.8 Å². The first-order chi connectivity index (χ1) is 8.09. The SMILES string of the molecule is CC1(C)CCCNC1CNC(=O)c1cn[nH]c1. The lowest BCUT2D eigenvalue weighted by Crippen LogP contribution is -2.52. The molecule has 3 N–H and O–H groups in total. The van der Waals surface area contributed by atoms with E-state index < -0.39 is 0 Å². The Hall–Kier alpha value is -1.36. The molecule has 5 nitrogen and oxygen atoms in total. The molecule has 1 atom stereocenters. The first-order valence-electron chi connectivity index (χ1n) is 6.10. The first-order valence-corrected chi connectivity index (χ1v) is 6.10. The van der Waals surface area contributed by atoms with Crippen LogP contribution in [-0.2, 0) is 0 Å². The lowest BCUT2D eigenvalue weighted by molar-refractivity contribution is 0.0929. The summed E-state index contributed by atoms with van der Waals surface area (Å²) in [6.45, 7) is 6.19. The minimum atomic E-state index is -0.0677. The maximum atomic E-state index is 11.8. The number of nitrogens with one attached hydrogen (secondary N) is 3. The molecule has 2 heterocycles. The molecule has 0 radical (unpaired) electrons. The predicted octanol–water partition coefficient (Wildman–Crippen LogP) is 0.918. The fourth-order valence-corrected chi connectivity index (χ4v) is 2.29. The molecule has 2 rings (SSSR count). The van der Waals surface area contributed by atoms with Crippen LogP contribution in [0.3, 0.4) is 0 Å². The Labute approximate surface area is 101 Å². The van der Waals surface area contributed by atoms with Crippen LogP contribution in [0.2, 0.25) is 0 Å². The van der Waals surface area contributed by atoms with Gasteiger partial charge in [0.1, 0.15) is 0 Å². The Morgan fingerprint density at radius 2 is 2.47 bits per heavy atom. The average Bonchev–Trinajstić information content (AvgIpc) is 2.80. The Morgan fingerprint density at radius 3 is 3.12 bits per heavy atom. The monoisotopic (exact) mass is 236 g/mol. The number of H-pyrrole nitrogens is 1. The Balaban J connectivity index is 1.87. The number of amides is 1. The molecule has 1 aromatic rings. The zero-order valence-electron chi connectivity index (χ0n) is 10.4. The highest BCUT2D eigenvalue weighted by atomic mass is 16.1. The van der Waals surface area contributed by atoms with Crippen molar-refractivity contribution >= 4 is 5.91 Å². The van der Waals surface area contributed by atoms with Crippen LogP contribution in [0.25, 0.3) is 0 Å². The normalized spacial score (nSPS) is 23.3. The van der Waals surface area contributed by atoms with Crippen LogP contribution in [0.5, 0.6) is 0 Å².